The van der Waals surface area contributed by atoms with Gasteiger partial charge in [-0.15, -0.1) is 0 Å². The first-order valence-corrected chi connectivity index (χ1v) is 6.57. The van der Waals surface area contributed by atoms with Crippen molar-refractivity contribution >= 4 is 27.5 Å². The number of hydrogen-bond acceptors (Lipinski definition) is 3. The van der Waals surface area contributed by atoms with E-state index in [1.165, 1.54) is 0 Å². The first kappa shape index (κ1) is 13.5. The van der Waals surface area contributed by atoms with Gasteiger partial charge in [-0.1, -0.05) is 35.4 Å². The van der Waals surface area contributed by atoms with E-state index in [9.17, 15) is 0 Å². The summed E-state index contributed by atoms with van der Waals surface area (Å²) in [5.41, 5.74) is 2.85. The minimum absolute atomic E-state index is 0.391. The Morgan fingerprint density at radius 1 is 1.33 bits per heavy atom. The molecular formula is C13H12BrClN2O. The number of rotatable bonds is 3. The van der Waals surface area contributed by atoms with Gasteiger partial charge in [0.2, 0.25) is 0 Å². The minimum atomic E-state index is 0.391. The van der Waals surface area contributed by atoms with Crippen molar-refractivity contribution in [1.82, 2.24) is 9.97 Å². The molecule has 0 aliphatic carbocycles. The van der Waals surface area contributed by atoms with Crippen molar-refractivity contribution in [2.45, 2.75) is 13.5 Å². The lowest BCUT2D eigenvalue weighted by Gasteiger charge is -2.08. The van der Waals surface area contributed by atoms with Crippen LogP contribution < -0.4 is 0 Å². The van der Waals surface area contributed by atoms with Crippen LogP contribution >= 0.6 is 27.5 Å². The molecule has 18 heavy (non-hydrogen) atoms. The SMILES string of the molecule is COCc1nc(-c2cccc(C)c2)nc(Cl)c1Br. The fraction of sp³-hybridized carbons (Fsp3) is 0.231. The number of aryl methyl sites for hydroxylation is 1. The van der Waals surface area contributed by atoms with Crippen molar-refractivity contribution in [2.24, 2.45) is 0 Å². The van der Waals surface area contributed by atoms with Crippen molar-refractivity contribution < 1.29 is 4.74 Å². The third kappa shape index (κ3) is 2.88. The predicted octanol–water partition coefficient (Wildman–Crippen LogP) is 4.01. The van der Waals surface area contributed by atoms with Crippen LogP contribution in [0.5, 0.6) is 0 Å². The highest BCUT2D eigenvalue weighted by molar-refractivity contribution is 9.10. The second-order valence-electron chi connectivity index (χ2n) is 3.90. The van der Waals surface area contributed by atoms with E-state index in [0.29, 0.717) is 22.1 Å². The first-order chi connectivity index (χ1) is 8.61. The Morgan fingerprint density at radius 2 is 2.11 bits per heavy atom. The zero-order valence-corrected chi connectivity index (χ0v) is 12.4. The summed E-state index contributed by atoms with van der Waals surface area (Å²) in [5.74, 6) is 0.610. The average Bonchev–Trinajstić information content (AvgIpc) is 2.35. The smallest absolute Gasteiger partial charge is 0.161 e. The fourth-order valence-electron chi connectivity index (χ4n) is 1.61. The topological polar surface area (TPSA) is 35.0 Å². The van der Waals surface area contributed by atoms with Gasteiger partial charge >= 0.3 is 0 Å². The summed E-state index contributed by atoms with van der Waals surface area (Å²) < 4.78 is 5.78. The van der Waals surface area contributed by atoms with E-state index in [-0.39, 0.29) is 0 Å². The molecule has 2 rings (SSSR count). The molecule has 0 radical (unpaired) electrons. The molecule has 0 aliphatic rings. The third-order valence-corrected chi connectivity index (χ3v) is 3.77. The summed E-state index contributed by atoms with van der Waals surface area (Å²) in [4.78, 5) is 8.75. The molecule has 0 saturated carbocycles. The van der Waals surface area contributed by atoms with Gasteiger partial charge in [0.05, 0.1) is 16.8 Å². The predicted molar refractivity (Wildman–Crippen MR) is 75.6 cm³/mol. The molecule has 0 atom stereocenters. The number of hydrogen-bond donors (Lipinski definition) is 0. The van der Waals surface area contributed by atoms with Crippen LogP contribution in [0.2, 0.25) is 5.15 Å². The standard InChI is InChI=1S/C13H12BrClN2O/c1-8-4-3-5-9(6-8)13-16-10(7-18-2)11(14)12(15)17-13/h3-6H,7H2,1-2H3. The fourth-order valence-corrected chi connectivity index (χ4v) is 2.09. The van der Waals surface area contributed by atoms with Crippen LogP contribution in [0.25, 0.3) is 11.4 Å². The number of nitrogens with zero attached hydrogens (tertiary/aromatic N) is 2. The number of benzene rings is 1. The summed E-state index contributed by atoms with van der Waals surface area (Å²) in [5, 5.41) is 0.397. The third-order valence-electron chi connectivity index (χ3n) is 2.44. The van der Waals surface area contributed by atoms with Crippen LogP contribution in [0.15, 0.2) is 28.7 Å². The van der Waals surface area contributed by atoms with Crippen LogP contribution in [0.1, 0.15) is 11.3 Å². The van der Waals surface area contributed by atoms with Crippen molar-refractivity contribution in [3.05, 3.63) is 45.1 Å². The molecule has 0 amide bonds. The lowest BCUT2D eigenvalue weighted by molar-refractivity contribution is 0.181. The van der Waals surface area contributed by atoms with E-state index in [4.69, 9.17) is 16.3 Å². The minimum Gasteiger partial charge on any atom is -0.378 e. The first-order valence-electron chi connectivity index (χ1n) is 5.39. The molecule has 5 heteroatoms. The Balaban J connectivity index is 2.51. The molecule has 0 aliphatic heterocycles. The molecular weight excluding hydrogens is 316 g/mol. The molecule has 0 bridgehead atoms. The normalized spacial score (nSPS) is 10.7. The van der Waals surface area contributed by atoms with Gasteiger partial charge in [-0.05, 0) is 28.9 Å². The highest BCUT2D eigenvalue weighted by atomic mass is 79.9. The second kappa shape index (κ2) is 5.78. The Hall–Kier alpha value is -0.970. The molecule has 0 saturated heterocycles. The van der Waals surface area contributed by atoms with Gasteiger partial charge in [0, 0.05) is 12.7 Å². The maximum absolute atomic E-state index is 6.09. The number of aromatic nitrogens is 2. The molecule has 94 valence electrons. The summed E-state index contributed by atoms with van der Waals surface area (Å²) in [6.07, 6.45) is 0. The van der Waals surface area contributed by atoms with E-state index in [1.807, 2.05) is 31.2 Å². The maximum Gasteiger partial charge on any atom is 0.161 e. The van der Waals surface area contributed by atoms with Crippen molar-refractivity contribution in [2.75, 3.05) is 7.11 Å². The Bertz CT molecular complexity index is 575. The molecule has 1 aromatic heterocycles. The summed E-state index contributed by atoms with van der Waals surface area (Å²) >= 11 is 9.46. The maximum atomic E-state index is 6.09. The monoisotopic (exact) mass is 326 g/mol. The highest BCUT2D eigenvalue weighted by Crippen LogP contribution is 2.27. The van der Waals surface area contributed by atoms with Crippen molar-refractivity contribution in [1.29, 1.82) is 0 Å². The Kier molecular flexibility index (Phi) is 4.32. The second-order valence-corrected chi connectivity index (χ2v) is 5.05. The van der Waals surface area contributed by atoms with Crippen LogP contribution in [0.3, 0.4) is 0 Å². The molecule has 2 aromatic rings. The van der Waals surface area contributed by atoms with Crippen LogP contribution in [-0.4, -0.2) is 17.1 Å². The van der Waals surface area contributed by atoms with Gasteiger partial charge in [-0.2, -0.15) is 0 Å². The lowest BCUT2D eigenvalue weighted by Crippen LogP contribution is -2.00. The van der Waals surface area contributed by atoms with E-state index >= 15 is 0 Å². The molecule has 0 unspecified atom stereocenters. The zero-order chi connectivity index (χ0) is 13.1. The van der Waals surface area contributed by atoms with Crippen LogP contribution in [0.4, 0.5) is 0 Å². The van der Waals surface area contributed by atoms with Gasteiger partial charge in [-0.25, -0.2) is 9.97 Å². The molecule has 3 nitrogen and oxygen atoms in total. The van der Waals surface area contributed by atoms with E-state index in [1.54, 1.807) is 7.11 Å². The summed E-state index contributed by atoms with van der Waals surface area (Å²) in [6.45, 7) is 2.42. The number of halogens is 2. The Labute approximate surface area is 119 Å². The van der Waals surface area contributed by atoms with Crippen LogP contribution in [0, 0.1) is 6.92 Å². The van der Waals surface area contributed by atoms with Gasteiger partial charge in [0.15, 0.2) is 5.82 Å². The lowest BCUT2D eigenvalue weighted by atomic mass is 10.1. The quantitative estimate of drug-likeness (QED) is 0.799. The number of ether oxygens (including phenoxy) is 1. The van der Waals surface area contributed by atoms with Gasteiger partial charge in [0.25, 0.3) is 0 Å². The van der Waals surface area contributed by atoms with E-state index in [2.05, 4.69) is 25.9 Å². The van der Waals surface area contributed by atoms with Gasteiger partial charge in [0.1, 0.15) is 5.15 Å². The zero-order valence-electron chi connectivity index (χ0n) is 10.1. The molecule has 0 N–H and O–H groups in total. The molecule has 1 heterocycles. The van der Waals surface area contributed by atoms with Crippen molar-refractivity contribution in [3.8, 4) is 11.4 Å². The van der Waals surface area contributed by atoms with Crippen molar-refractivity contribution in [3.63, 3.8) is 0 Å². The van der Waals surface area contributed by atoms with E-state index in [0.717, 1.165) is 16.8 Å². The van der Waals surface area contributed by atoms with Crippen LogP contribution in [-0.2, 0) is 11.3 Å². The van der Waals surface area contributed by atoms with Gasteiger partial charge < -0.3 is 4.74 Å². The van der Waals surface area contributed by atoms with E-state index < -0.39 is 0 Å². The largest absolute Gasteiger partial charge is 0.378 e. The molecule has 0 fully saturated rings. The number of methoxy groups -OCH3 is 1. The molecule has 0 spiro atoms. The summed E-state index contributed by atoms with van der Waals surface area (Å²) in [7, 11) is 1.62. The van der Waals surface area contributed by atoms with Gasteiger partial charge in [-0.3, -0.25) is 0 Å². The highest BCUT2D eigenvalue weighted by Gasteiger charge is 2.11. The summed E-state index contributed by atoms with van der Waals surface area (Å²) in [6, 6.07) is 7.99. The average molecular weight is 328 g/mol. The Morgan fingerprint density at radius 3 is 2.78 bits per heavy atom. The molecule has 1 aromatic carbocycles.